The number of halogens is 2. The molecule has 0 saturated carbocycles. The molecule has 1 aliphatic heterocycles. The molecule has 1 radical (unpaired) electrons. The van der Waals surface area contributed by atoms with Gasteiger partial charge in [0, 0.05) is 6.54 Å². The fourth-order valence-electron chi connectivity index (χ4n) is 0.758. The van der Waals surface area contributed by atoms with Crippen LogP contribution in [0.4, 0.5) is 8.78 Å². The third kappa shape index (κ3) is 1.37. The number of aliphatic hydroxyl groups excluding tert-OH is 1. The van der Waals surface area contributed by atoms with Gasteiger partial charge < -0.3 is 5.11 Å². The third-order valence-corrected chi connectivity index (χ3v) is 1.37. The topological polar surface area (TPSA) is 34.3 Å². The summed E-state index contributed by atoms with van der Waals surface area (Å²) in [5.74, 6) is -2.97. The zero-order chi connectivity index (χ0) is 6.91. The molecule has 1 aliphatic rings. The Bertz CT molecular complexity index is 107. The highest BCUT2D eigenvalue weighted by Crippen LogP contribution is 2.22. The van der Waals surface area contributed by atoms with E-state index in [9.17, 15) is 8.78 Å². The molecule has 0 aliphatic carbocycles. The quantitative estimate of drug-likeness (QED) is 0.499. The SMILES string of the molecule is OC1CC[N]CC1(F)F. The van der Waals surface area contributed by atoms with Crippen molar-refractivity contribution >= 4 is 0 Å². The van der Waals surface area contributed by atoms with Crippen LogP contribution in [0.5, 0.6) is 0 Å². The number of hydrogen-bond donors (Lipinski definition) is 1. The van der Waals surface area contributed by atoms with Gasteiger partial charge in [0.2, 0.25) is 0 Å². The summed E-state index contributed by atoms with van der Waals surface area (Å²) in [6, 6.07) is 0. The zero-order valence-corrected chi connectivity index (χ0v) is 4.85. The molecule has 0 spiro atoms. The van der Waals surface area contributed by atoms with Crippen molar-refractivity contribution in [1.82, 2.24) is 5.32 Å². The van der Waals surface area contributed by atoms with Crippen molar-refractivity contribution in [1.29, 1.82) is 0 Å². The van der Waals surface area contributed by atoms with Crippen molar-refractivity contribution in [2.75, 3.05) is 13.1 Å². The van der Waals surface area contributed by atoms with Gasteiger partial charge in [-0.25, -0.2) is 14.1 Å². The van der Waals surface area contributed by atoms with E-state index in [2.05, 4.69) is 5.32 Å². The summed E-state index contributed by atoms with van der Waals surface area (Å²) >= 11 is 0. The van der Waals surface area contributed by atoms with Gasteiger partial charge in [-0.1, -0.05) is 0 Å². The summed E-state index contributed by atoms with van der Waals surface area (Å²) in [6.45, 7) is -0.162. The average Bonchev–Trinajstić information content (AvgIpc) is 1.77. The predicted octanol–water partition coefficient (Wildman–Crippen LogP) is -0.00930. The van der Waals surface area contributed by atoms with E-state index in [4.69, 9.17) is 5.11 Å². The van der Waals surface area contributed by atoms with Crippen molar-refractivity contribution in [3.63, 3.8) is 0 Å². The highest BCUT2D eigenvalue weighted by Gasteiger charge is 2.40. The molecule has 1 rings (SSSR count). The van der Waals surface area contributed by atoms with E-state index in [1.54, 1.807) is 0 Å². The van der Waals surface area contributed by atoms with Crippen molar-refractivity contribution in [2.24, 2.45) is 0 Å². The zero-order valence-electron chi connectivity index (χ0n) is 4.85. The predicted molar refractivity (Wildman–Crippen MR) is 27.4 cm³/mol. The Morgan fingerprint density at radius 1 is 1.56 bits per heavy atom. The second kappa shape index (κ2) is 2.19. The number of aliphatic hydroxyl groups is 1. The Balaban J connectivity index is 2.49. The van der Waals surface area contributed by atoms with Crippen LogP contribution in [0.2, 0.25) is 0 Å². The Morgan fingerprint density at radius 3 is 2.56 bits per heavy atom. The van der Waals surface area contributed by atoms with E-state index in [0.717, 1.165) is 0 Å². The van der Waals surface area contributed by atoms with Crippen LogP contribution < -0.4 is 5.32 Å². The third-order valence-electron chi connectivity index (χ3n) is 1.37. The minimum Gasteiger partial charge on any atom is -0.387 e. The first-order valence-electron chi connectivity index (χ1n) is 2.82. The van der Waals surface area contributed by atoms with Crippen LogP contribution >= 0.6 is 0 Å². The molecule has 0 bridgehead atoms. The molecule has 1 fully saturated rings. The number of rotatable bonds is 0. The van der Waals surface area contributed by atoms with E-state index in [1.807, 2.05) is 0 Å². The standard InChI is InChI=1S/C5H8F2NO/c6-5(7)3-8-2-1-4(5)9/h4,9H,1-3H2. The lowest BCUT2D eigenvalue weighted by Gasteiger charge is -2.26. The first-order chi connectivity index (χ1) is 4.13. The second-order valence-corrected chi connectivity index (χ2v) is 2.17. The maximum absolute atomic E-state index is 12.3. The molecule has 9 heavy (non-hydrogen) atoms. The normalized spacial score (nSPS) is 34.3. The monoisotopic (exact) mass is 136 g/mol. The van der Waals surface area contributed by atoms with Crippen LogP contribution in [-0.4, -0.2) is 30.2 Å². The lowest BCUT2D eigenvalue weighted by Crippen LogP contribution is -2.46. The molecular formula is C5H8F2NO. The minimum atomic E-state index is -2.97. The molecule has 0 aromatic heterocycles. The first kappa shape index (κ1) is 6.89. The highest BCUT2D eigenvalue weighted by molar-refractivity contribution is 4.83. The van der Waals surface area contributed by atoms with Crippen molar-refractivity contribution in [2.45, 2.75) is 18.4 Å². The molecule has 1 unspecified atom stereocenters. The Morgan fingerprint density at radius 2 is 2.22 bits per heavy atom. The fraction of sp³-hybridized carbons (Fsp3) is 1.00. The second-order valence-electron chi connectivity index (χ2n) is 2.17. The van der Waals surface area contributed by atoms with Gasteiger partial charge in [0.15, 0.2) is 0 Å². The van der Waals surface area contributed by atoms with Gasteiger partial charge in [-0.2, -0.15) is 0 Å². The molecule has 0 amide bonds. The average molecular weight is 136 g/mol. The molecular weight excluding hydrogens is 128 g/mol. The molecule has 1 N–H and O–H groups in total. The molecule has 1 saturated heterocycles. The van der Waals surface area contributed by atoms with Gasteiger partial charge in [0.25, 0.3) is 5.92 Å². The van der Waals surface area contributed by atoms with Gasteiger partial charge in [0.05, 0.1) is 6.54 Å². The van der Waals surface area contributed by atoms with Crippen LogP contribution in [0.25, 0.3) is 0 Å². The fourth-order valence-corrected chi connectivity index (χ4v) is 0.758. The van der Waals surface area contributed by atoms with E-state index in [0.29, 0.717) is 6.54 Å². The maximum atomic E-state index is 12.3. The van der Waals surface area contributed by atoms with Crippen LogP contribution in [0.1, 0.15) is 6.42 Å². The summed E-state index contributed by atoms with van der Waals surface area (Å²) in [7, 11) is 0. The smallest absolute Gasteiger partial charge is 0.287 e. The Hall–Kier alpha value is -0.220. The van der Waals surface area contributed by atoms with Crippen molar-refractivity contribution in [3.8, 4) is 0 Å². The molecule has 2 nitrogen and oxygen atoms in total. The molecule has 0 aromatic carbocycles. The van der Waals surface area contributed by atoms with E-state index >= 15 is 0 Å². The van der Waals surface area contributed by atoms with E-state index in [1.165, 1.54) is 0 Å². The Labute approximate surface area is 51.9 Å². The molecule has 1 heterocycles. The lowest BCUT2D eigenvalue weighted by atomic mass is 10.1. The number of alkyl halides is 2. The van der Waals surface area contributed by atoms with E-state index in [-0.39, 0.29) is 6.42 Å². The van der Waals surface area contributed by atoms with Crippen molar-refractivity contribution in [3.05, 3.63) is 0 Å². The van der Waals surface area contributed by atoms with Gasteiger partial charge in [0.1, 0.15) is 6.10 Å². The van der Waals surface area contributed by atoms with Crippen molar-refractivity contribution < 1.29 is 13.9 Å². The van der Waals surface area contributed by atoms with Gasteiger partial charge in [-0.15, -0.1) is 0 Å². The minimum absolute atomic E-state index is 0.0903. The summed E-state index contributed by atoms with van der Waals surface area (Å²) in [5.41, 5.74) is 0. The number of hydrogen-bond acceptors (Lipinski definition) is 1. The largest absolute Gasteiger partial charge is 0.387 e. The molecule has 0 aromatic rings. The maximum Gasteiger partial charge on any atom is 0.287 e. The molecule has 4 heteroatoms. The van der Waals surface area contributed by atoms with Gasteiger partial charge in [-0.05, 0) is 6.42 Å². The Kier molecular flexibility index (Phi) is 1.68. The summed E-state index contributed by atoms with van der Waals surface area (Å²) in [5, 5.41) is 12.1. The summed E-state index contributed by atoms with van der Waals surface area (Å²) < 4.78 is 24.5. The van der Waals surface area contributed by atoms with E-state index < -0.39 is 18.6 Å². The van der Waals surface area contributed by atoms with Crippen LogP contribution in [0.3, 0.4) is 0 Å². The van der Waals surface area contributed by atoms with Crippen LogP contribution in [-0.2, 0) is 0 Å². The number of nitrogens with zero attached hydrogens (tertiary/aromatic N) is 1. The lowest BCUT2D eigenvalue weighted by molar-refractivity contribution is -0.121. The van der Waals surface area contributed by atoms with Gasteiger partial charge >= 0.3 is 0 Å². The summed E-state index contributed by atoms with van der Waals surface area (Å²) in [6.07, 6.45) is -1.39. The summed E-state index contributed by atoms with van der Waals surface area (Å²) in [4.78, 5) is 0. The van der Waals surface area contributed by atoms with Gasteiger partial charge in [-0.3, -0.25) is 0 Å². The number of piperidine rings is 1. The van der Waals surface area contributed by atoms with Crippen LogP contribution in [0, 0.1) is 0 Å². The molecule has 1 atom stereocenters. The highest BCUT2D eigenvalue weighted by atomic mass is 19.3. The van der Waals surface area contributed by atoms with Crippen LogP contribution in [0.15, 0.2) is 0 Å². The first-order valence-corrected chi connectivity index (χ1v) is 2.82. The molecule has 53 valence electrons.